The third-order valence-electron chi connectivity index (χ3n) is 12.9. The molecule has 2 aliphatic rings. The summed E-state index contributed by atoms with van der Waals surface area (Å²) in [6.45, 7) is 17.6. The summed E-state index contributed by atoms with van der Waals surface area (Å²) in [6.07, 6.45) is 6.82. The zero-order valence-electron chi connectivity index (χ0n) is 35.5. The molecule has 1 N–H and O–H groups in total. The van der Waals surface area contributed by atoms with Gasteiger partial charge < -0.3 is 24.1 Å². The molecule has 0 amide bonds. The van der Waals surface area contributed by atoms with Gasteiger partial charge in [0.1, 0.15) is 30.0 Å². The number of aliphatic hydroxyl groups is 1. The van der Waals surface area contributed by atoms with Crippen molar-refractivity contribution in [2.24, 2.45) is 0 Å². The maximum absolute atomic E-state index is 11.9. The van der Waals surface area contributed by atoms with E-state index in [2.05, 4.69) is 128 Å². The lowest BCUT2D eigenvalue weighted by Gasteiger charge is -2.34. The molecule has 6 rings (SSSR count). The molecule has 0 fully saturated rings. The van der Waals surface area contributed by atoms with Gasteiger partial charge in [0.15, 0.2) is 0 Å². The Hall–Kier alpha value is -4.98. The van der Waals surface area contributed by atoms with Gasteiger partial charge in [0.05, 0.1) is 30.5 Å². The third-order valence-corrected chi connectivity index (χ3v) is 12.9. The topological polar surface area (TPSA) is 91.3 Å². The van der Waals surface area contributed by atoms with Gasteiger partial charge in [-0.1, -0.05) is 140 Å². The molecular formula is C51H60O7. The molecule has 4 aromatic rings. The lowest BCUT2D eigenvalue weighted by Crippen LogP contribution is -2.34. The molecule has 0 spiro atoms. The Morgan fingerprint density at radius 2 is 1.02 bits per heavy atom. The summed E-state index contributed by atoms with van der Waals surface area (Å²) in [5, 5.41) is 11.0. The molecule has 0 bridgehead atoms. The second-order valence-electron chi connectivity index (χ2n) is 16.8. The summed E-state index contributed by atoms with van der Waals surface area (Å²) < 4.78 is 23.6. The highest BCUT2D eigenvalue weighted by molar-refractivity contribution is 5.85. The number of ether oxygens (including phenoxy) is 4. The van der Waals surface area contributed by atoms with Gasteiger partial charge >= 0.3 is 11.9 Å². The van der Waals surface area contributed by atoms with Crippen molar-refractivity contribution in [2.75, 3.05) is 13.2 Å². The van der Waals surface area contributed by atoms with Crippen LogP contribution in [0.3, 0.4) is 0 Å². The van der Waals surface area contributed by atoms with E-state index in [1.54, 1.807) is 0 Å². The lowest BCUT2D eigenvalue weighted by atomic mass is 9.72. The molecule has 0 radical (unpaired) electrons. The van der Waals surface area contributed by atoms with Gasteiger partial charge in [0.2, 0.25) is 0 Å². The number of rotatable bonds is 18. The van der Waals surface area contributed by atoms with Crippen LogP contribution >= 0.6 is 0 Å². The molecule has 0 aromatic heterocycles. The van der Waals surface area contributed by atoms with Crippen LogP contribution in [0.5, 0.6) is 5.75 Å². The molecule has 4 aromatic carbocycles. The summed E-state index contributed by atoms with van der Waals surface area (Å²) in [6, 6.07) is 33.7. The van der Waals surface area contributed by atoms with Crippen LogP contribution in [-0.2, 0) is 45.6 Å². The van der Waals surface area contributed by atoms with E-state index >= 15 is 0 Å². The van der Waals surface area contributed by atoms with Gasteiger partial charge in [-0.05, 0) is 83.3 Å². The number of benzene rings is 4. The van der Waals surface area contributed by atoms with Gasteiger partial charge in [-0.2, -0.15) is 0 Å². The Morgan fingerprint density at radius 3 is 1.47 bits per heavy atom. The standard InChI is InChI=1S/C51H60O7/c1-9-50(10-2,45-30-32-47(54)58-45)40-21-17-37(18-22-40)49(7,8)39-25-27-43(28-26-39)55-33-42(52)34-56-51(11-3,12-4)41-23-19-38(20-24-41)48(5,6)36-15-13-35(14-16-36)44-29-31-46(53)57-44/h13-30,42,52H,9-12,31-34H2,1-8H3. The van der Waals surface area contributed by atoms with E-state index in [0.29, 0.717) is 24.4 Å². The Labute approximate surface area is 345 Å². The van der Waals surface area contributed by atoms with E-state index in [-0.39, 0.29) is 41.4 Å². The molecule has 0 aliphatic carbocycles. The molecule has 7 nitrogen and oxygen atoms in total. The van der Waals surface area contributed by atoms with Crippen LogP contribution in [0.2, 0.25) is 0 Å². The first-order valence-electron chi connectivity index (χ1n) is 20.9. The Balaban J connectivity index is 1.04. The summed E-state index contributed by atoms with van der Waals surface area (Å²) >= 11 is 0. The number of carbonyl (C=O) groups excluding carboxylic acids is 2. The van der Waals surface area contributed by atoms with Crippen molar-refractivity contribution in [2.45, 2.75) is 122 Å². The average Bonchev–Trinajstić information content (AvgIpc) is 3.90. The second kappa shape index (κ2) is 17.5. The minimum atomic E-state index is -0.807. The first kappa shape index (κ1) is 42.6. The van der Waals surface area contributed by atoms with Crippen LogP contribution in [0.15, 0.2) is 115 Å². The van der Waals surface area contributed by atoms with Crippen molar-refractivity contribution in [3.05, 3.63) is 154 Å². The smallest absolute Gasteiger partial charge is 0.315 e. The molecular weight excluding hydrogens is 725 g/mol. The minimum absolute atomic E-state index is 0.113. The van der Waals surface area contributed by atoms with E-state index < -0.39 is 11.7 Å². The van der Waals surface area contributed by atoms with Crippen molar-refractivity contribution in [1.82, 2.24) is 0 Å². The van der Waals surface area contributed by atoms with Crippen LogP contribution in [0.1, 0.15) is 133 Å². The number of esters is 2. The van der Waals surface area contributed by atoms with Gasteiger partial charge in [-0.25, -0.2) is 0 Å². The molecule has 2 heterocycles. The third kappa shape index (κ3) is 8.57. The SMILES string of the molecule is CCC(CC)(OCC(O)COc1ccc(C(C)(C)c2ccc(C(CC)(CC)C3=CCC(=O)O3)cc2)cc1)c1ccc(C(C)(C)c2ccc(C3=CCC(=O)O3)cc2)cc1. The first-order valence-corrected chi connectivity index (χ1v) is 20.9. The molecule has 58 heavy (non-hydrogen) atoms. The average molecular weight is 785 g/mol. The number of hydrogen-bond donors (Lipinski definition) is 1. The molecule has 306 valence electrons. The zero-order valence-corrected chi connectivity index (χ0v) is 35.5. The van der Waals surface area contributed by atoms with Gasteiger partial charge in [-0.15, -0.1) is 0 Å². The highest BCUT2D eigenvalue weighted by Gasteiger charge is 2.38. The number of hydrogen-bond acceptors (Lipinski definition) is 7. The highest BCUT2D eigenvalue weighted by Crippen LogP contribution is 2.43. The maximum Gasteiger partial charge on any atom is 0.315 e. The van der Waals surface area contributed by atoms with E-state index in [0.717, 1.165) is 59.3 Å². The molecule has 1 atom stereocenters. The summed E-state index contributed by atoms with van der Waals surface area (Å²) in [7, 11) is 0. The highest BCUT2D eigenvalue weighted by atomic mass is 16.5. The van der Waals surface area contributed by atoms with Crippen LogP contribution in [0.25, 0.3) is 5.76 Å². The van der Waals surface area contributed by atoms with Crippen LogP contribution in [-0.4, -0.2) is 36.4 Å². The zero-order chi connectivity index (χ0) is 41.7. The van der Waals surface area contributed by atoms with E-state index in [1.807, 2.05) is 36.4 Å². The Bertz CT molecular complexity index is 2100. The minimum Gasteiger partial charge on any atom is -0.491 e. The van der Waals surface area contributed by atoms with Crippen LogP contribution < -0.4 is 4.74 Å². The molecule has 0 saturated heterocycles. The van der Waals surface area contributed by atoms with Crippen LogP contribution in [0, 0.1) is 0 Å². The van der Waals surface area contributed by atoms with Gasteiger partial charge in [-0.3, -0.25) is 9.59 Å². The van der Waals surface area contributed by atoms with E-state index in [1.165, 1.54) is 11.1 Å². The van der Waals surface area contributed by atoms with Crippen molar-refractivity contribution in [3.63, 3.8) is 0 Å². The Morgan fingerprint density at radius 1 is 0.569 bits per heavy atom. The lowest BCUT2D eigenvalue weighted by molar-refractivity contribution is -0.137. The van der Waals surface area contributed by atoms with Gasteiger partial charge in [0.25, 0.3) is 0 Å². The molecule has 7 heteroatoms. The van der Waals surface area contributed by atoms with Crippen molar-refractivity contribution >= 4 is 17.7 Å². The summed E-state index contributed by atoms with van der Waals surface area (Å²) in [4.78, 5) is 23.5. The largest absolute Gasteiger partial charge is 0.491 e. The maximum atomic E-state index is 11.9. The fourth-order valence-electron chi connectivity index (χ4n) is 8.57. The Kier molecular flexibility index (Phi) is 12.8. The fourth-order valence-corrected chi connectivity index (χ4v) is 8.57. The van der Waals surface area contributed by atoms with Crippen molar-refractivity contribution in [1.29, 1.82) is 0 Å². The number of allylic oxidation sites excluding steroid dienone is 1. The van der Waals surface area contributed by atoms with E-state index in [9.17, 15) is 14.7 Å². The number of carbonyl (C=O) groups is 2. The summed E-state index contributed by atoms with van der Waals surface area (Å²) in [5.41, 5.74) is 6.43. The monoisotopic (exact) mass is 784 g/mol. The number of cyclic esters (lactones) is 2. The quantitative estimate of drug-likeness (QED) is 0.100. The van der Waals surface area contributed by atoms with Crippen LogP contribution in [0.4, 0.5) is 0 Å². The normalized spacial score (nSPS) is 15.5. The predicted molar refractivity (Wildman–Crippen MR) is 229 cm³/mol. The van der Waals surface area contributed by atoms with Crippen molar-refractivity contribution in [3.8, 4) is 5.75 Å². The van der Waals surface area contributed by atoms with E-state index in [4.69, 9.17) is 18.9 Å². The second-order valence-corrected chi connectivity index (χ2v) is 16.8. The fraction of sp³-hybridized carbons (Fsp3) is 0.412. The van der Waals surface area contributed by atoms with Gasteiger partial charge in [0, 0.05) is 16.4 Å². The summed E-state index contributed by atoms with van der Waals surface area (Å²) in [5.74, 6) is 1.69. The number of aliphatic hydroxyl groups excluding tert-OH is 1. The first-order chi connectivity index (χ1) is 27.7. The molecule has 0 saturated carbocycles. The molecule has 2 aliphatic heterocycles. The van der Waals surface area contributed by atoms with Crippen molar-refractivity contribution < 1.29 is 33.6 Å². The molecule has 1 unspecified atom stereocenters. The predicted octanol–water partition coefficient (Wildman–Crippen LogP) is 11.0.